The Kier molecular flexibility index (Phi) is 3.57. The fourth-order valence-electron chi connectivity index (χ4n) is 3.16. The van der Waals surface area contributed by atoms with E-state index < -0.39 is 0 Å². The van der Waals surface area contributed by atoms with Gasteiger partial charge in [0.2, 0.25) is 6.79 Å². The molecule has 2 aromatic rings. The first-order chi connectivity index (χ1) is 11.3. The Morgan fingerprint density at radius 3 is 3.00 bits per heavy atom. The molecule has 6 heteroatoms. The standard InChI is InChI=1S/C17H17N3O3/c21-17(12-3-4-15-16(8-12)23-11-22-15)20-7-1-2-13(9-20)14-5-6-18-10-19-14/h3-6,8,10,13H,1-2,7,9,11H2/t13-/m1/s1. The molecule has 1 aromatic heterocycles. The molecule has 0 aliphatic carbocycles. The van der Waals surface area contributed by atoms with E-state index in [0.29, 0.717) is 23.6 Å². The molecule has 0 radical (unpaired) electrons. The Hall–Kier alpha value is -2.63. The summed E-state index contributed by atoms with van der Waals surface area (Å²) in [5.74, 6) is 1.63. The van der Waals surface area contributed by atoms with Crippen molar-refractivity contribution < 1.29 is 14.3 Å². The SMILES string of the molecule is O=C(c1ccc2c(c1)OCO2)N1CCC[C@@H](c2ccncn2)C1. The average Bonchev–Trinajstić information content (AvgIpc) is 3.09. The first kappa shape index (κ1) is 14.0. The van der Waals surface area contributed by atoms with Crippen LogP contribution >= 0.6 is 0 Å². The van der Waals surface area contributed by atoms with Crippen molar-refractivity contribution in [2.45, 2.75) is 18.8 Å². The quantitative estimate of drug-likeness (QED) is 0.851. The number of piperidine rings is 1. The molecule has 0 saturated carbocycles. The number of likely N-dealkylation sites (tertiary alicyclic amines) is 1. The first-order valence-electron chi connectivity index (χ1n) is 7.76. The van der Waals surface area contributed by atoms with Crippen molar-refractivity contribution in [2.75, 3.05) is 19.9 Å². The van der Waals surface area contributed by atoms with Crippen LogP contribution in [0.5, 0.6) is 11.5 Å². The van der Waals surface area contributed by atoms with Crippen LogP contribution in [0, 0.1) is 0 Å². The largest absolute Gasteiger partial charge is 0.454 e. The lowest BCUT2D eigenvalue weighted by Crippen LogP contribution is -2.39. The maximum absolute atomic E-state index is 12.8. The minimum absolute atomic E-state index is 0.0297. The highest BCUT2D eigenvalue weighted by molar-refractivity contribution is 5.95. The molecule has 1 atom stereocenters. The molecular weight excluding hydrogens is 294 g/mol. The number of carbonyl (C=O) groups excluding carboxylic acids is 1. The zero-order valence-electron chi connectivity index (χ0n) is 12.6. The number of amides is 1. The fraction of sp³-hybridized carbons (Fsp3) is 0.353. The highest BCUT2D eigenvalue weighted by atomic mass is 16.7. The summed E-state index contributed by atoms with van der Waals surface area (Å²) in [6.07, 6.45) is 5.34. The van der Waals surface area contributed by atoms with E-state index in [-0.39, 0.29) is 18.6 Å². The number of aromatic nitrogens is 2. The minimum atomic E-state index is 0.0297. The van der Waals surface area contributed by atoms with E-state index in [0.717, 1.165) is 25.1 Å². The summed E-state index contributed by atoms with van der Waals surface area (Å²) in [5.41, 5.74) is 1.64. The van der Waals surface area contributed by atoms with Crippen LogP contribution in [0.2, 0.25) is 0 Å². The predicted molar refractivity (Wildman–Crippen MR) is 82.5 cm³/mol. The van der Waals surface area contributed by atoms with Crippen molar-refractivity contribution >= 4 is 5.91 Å². The fourth-order valence-corrected chi connectivity index (χ4v) is 3.16. The van der Waals surface area contributed by atoms with Crippen molar-refractivity contribution in [3.8, 4) is 11.5 Å². The molecule has 2 aliphatic heterocycles. The minimum Gasteiger partial charge on any atom is -0.454 e. The van der Waals surface area contributed by atoms with E-state index in [1.165, 1.54) is 0 Å². The van der Waals surface area contributed by atoms with Crippen molar-refractivity contribution in [1.29, 1.82) is 0 Å². The Morgan fingerprint density at radius 1 is 1.22 bits per heavy atom. The molecule has 1 amide bonds. The Morgan fingerprint density at radius 2 is 2.13 bits per heavy atom. The summed E-state index contributed by atoms with van der Waals surface area (Å²) in [4.78, 5) is 23.0. The lowest BCUT2D eigenvalue weighted by molar-refractivity contribution is 0.0705. The number of nitrogens with zero attached hydrogens (tertiary/aromatic N) is 3. The van der Waals surface area contributed by atoms with Gasteiger partial charge in [-0.15, -0.1) is 0 Å². The number of benzene rings is 1. The number of carbonyl (C=O) groups is 1. The second-order valence-corrected chi connectivity index (χ2v) is 5.79. The third kappa shape index (κ3) is 2.72. The zero-order valence-corrected chi connectivity index (χ0v) is 12.6. The molecule has 2 aliphatic rings. The Bertz CT molecular complexity index is 720. The van der Waals surface area contributed by atoms with Crippen LogP contribution in [0.4, 0.5) is 0 Å². The summed E-state index contributed by atoms with van der Waals surface area (Å²) in [5, 5.41) is 0. The van der Waals surface area contributed by atoms with E-state index in [1.807, 2.05) is 11.0 Å². The van der Waals surface area contributed by atoms with Gasteiger partial charge in [0.1, 0.15) is 6.33 Å². The van der Waals surface area contributed by atoms with Crippen LogP contribution in [-0.2, 0) is 0 Å². The third-order valence-electron chi connectivity index (χ3n) is 4.35. The third-order valence-corrected chi connectivity index (χ3v) is 4.35. The van der Waals surface area contributed by atoms with Crippen LogP contribution in [0.25, 0.3) is 0 Å². The molecule has 118 valence electrons. The lowest BCUT2D eigenvalue weighted by Gasteiger charge is -2.32. The van der Waals surface area contributed by atoms with Crippen molar-refractivity contribution in [3.63, 3.8) is 0 Å². The van der Waals surface area contributed by atoms with Gasteiger partial charge in [0.15, 0.2) is 11.5 Å². The summed E-state index contributed by atoms with van der Waals surface area (Å²) < 4.78 is 10.6. The summed E-state index contributed by atoms with van der Waals surface area (Å²) in [7, 11) is 0. The average molecular weight is 311 g/mol. The van der Waals surface area contributed by atoms with Crippen molar-refractivity contribution in [2.24, 2.45) is 0 Å². The second-order valence-electron chi connectivity index (χ2n) is 5.79. The molecule has 1 saturated heterocycles. The topological polar surface area (TPSA) is 64.6 Å². The Labute approximate surface area is 134 Å². The van der Waals surface area contributed by atoms with Gasteiger partial charge in [-0.05, 0) is 37.1 Å². The van der Waals surface area contributed by atoms with Crippen LogP contribution in [0.1, 0.15) is 34.8 Å². The molecule has 0 spiro atoms. The van der Waals surface area contributed by atoms with E-state index >= 15 is 0 Å². The molecule has 1 fully saturated rings. The van der Waals surface area contributed by atoms with E-state index in [1.54, 1.807) is 30.7 Å². The van der Waals surface area contributed by atoms with E-state index in [2.05, 4.69) is 9.97 Å². The number of ether oxygens (including phenoxy) is 2. The lowest BCUT2D eigenvalue weighted by atomic mass is 9.94. The van der Waals surface area contributed by atoms with Crippen LogP contribution in [0.3, 0.4) is 0 Å². The first-order valence-corrected chi connectivity index (χ1v) is 7.76. The Balaban J connectivity index is 1.52. The van der Waals surface area contributed by atoms with Gasteiger partial charge in [-0.1, -0.05) is 0 Å². The maximum Gasteiger partial charge on any atom is 0.254 e. The van der Waals surface area contributed by atoms with E-state index in [4.69, 9.17) is 9.47 Å². The van der Waals surface area contributed by atoms with Gasteiger partial charge in [0.05, 0.1) is 0 Å². The summed E-state index contributed by atoms with van der Waals surface area (Å²) in [6, 6.07) is 7.28. The van der Waals surface area contributed by atoms with Gasteiger partial charge < -0.3 is 14.4 Å². The number of rotatable bonds is 2. The molecular formula is C17H17N3O3. The van der Waals surface area contributed by atoms with Gasteiger partial charge in [-0.25, -0.2) is 9.97 Å². The van der Waals surface area contributed by atoms with Crippen molar-refractivity contribution in [1.82, 2.24) is 14.9 Å². The van der Waals surface area contributed by atoms with Crippen molar-refractivity contribution in [3.05, 3.63) is 48.0 Å². The number of hydrogen-bond donors (Lipinski definition) is 0. The molecule has 0 unspecified atom stereocenters. The van der Waals surface area contributed by atoms with Gasteiger partial charge in [-0.3, -0.25) is 4.79 Å². The van der Waals surface area contributed by atoms with Crippen LogP contribution < -0.4 is 9.47 Å². The maximum atomic E-state index is 12.8. The van der Waals surface area contributed by atoms with Gasteiger partial charge in [-0.2, -0.15) is 0 Å². The smallest absolute Gasteiger partial charge is 0.254 e. The molecule has 0 bridgehead atoms. The highest BCUT2D eigenvalue weighted by Gasteiger charge is 2.27. The highest BCUT2D eigenvalue weighted by Crippen LogP contribution is 2.33. The zero-order chi connectivity index (χ0) is 15.6. The van der Waals surface area contributed by atoms with Crippen LogP contribution in [-0.4, -0.2) is 40.7 Å². The van der Waals surface area contributed by atoms with E-state index in [9.17, 15) is 4.79 Å². The number of hydrogen-bond acceptors (Lipinski definition) is 5. The number of fused-ring (bicyclic) bond motifs is 1. The molecule has 3 heterocycles. The molecule has 1 aromatic carbocycles. The molecule has 6 nitrogen and oxygen atoms in total. The molecule has 4 rings (SSSR count). The monoisotopic (exact) mass is 311 g/mol. The molecule has 0 N–H and O–H groups in total. The van der Waals surface area contributed by atoms with Gasteiger partial charge >= 0.3 is 0 Å². The van der Waals surface area contributed by atoms with Gasteiger partial charge in [0.25, 0.3) is 5.91 Å². The van der Waals surface area contributed by atoms with Gasteiger partial charge in [0, 0.05) is 36.5 Å². The van der Waals surface area contributed by atoms with Crippen LogP contribution in [0.15, 0.2) is 36.8 Å². The normalized spacial score (nSPS) is 19.7. The summed E-state index contributed by atoms with van der Waals surface area (Å²) in [6.45, 7) is 1.67. The predicted octanol–water partition coefficient (Wildman–Crippen LogP) is 2.23. The second kappa shape index (κ2) is 5.87. The summed E-state index contributed by atoms with van der Waals surface area (Å²) >= 11 is 0. The molecule has 23 heavy (non-hydrogen) atoms.